The van der Waals surface area contributed by atoms with Crippen molar-refractivity contribution in [2.45, 2.75) is 43.6 Å². The zero-order valence-corrected chi connectivity index (χ0v) is 22.7. The van der Waals surface area contributed by atoms with E-state index in [-0.39, 0.29) is 30.9 Å². The van der Waals surface area contributed by atoms with Crippen LogP contribution in [0.4, 0.5) is 5.69 Å². The average molecular weight is 544 g/mol. The SMILES string of the molecule is C=CCN(Cc1ccccc1)C(=O)C1N(CCCO)C(=O)[C@@H]2[C@H](C(=O)N(CC=C)c3ccccc3)[C@@H]3CCC12O3. The summed E-state index contributed by atoms with van der Waals surface area (Å²) in [6.07, 6.45) is 4.33. The van der Waals surface area contributed by atoms with Gasteiger partial charge in [0.25, 0.3) is 0 Å². The normalized spacial score (nSPS) is 26.4. The molecule has 0 saturated carbocycles. The van der Waals surface area contributed by atoms with Gasteiger partial charge in [-0.15, -0.1) is 13.2 Å². The minimum absolute atomic E-state index is 0.115. The number of hydrogen-bond acceptors (Lipinski definition) is 5. The first kappa shape index (κ1) is 27.8. The van der Waals surface area contributed by atoms with E-state index in [2.05, 4.69) is 13.2 Å². The van der Waals surface area contributed by atoms with E-state index >= 15 is 0 Å². The van der Waals surface area contributed by atoms with Gasteiger partial charge >= 0.3 is 0 Å². The van der Waals surface area contributed by atoms with E-state index in [1.807, 2.05) is 60.7 Å². The van der Waals surface area contributed by atoms with E-state index in [9.17, 15) is 19.5 Å². The summed E-state index contributed by atoms with van der Waals surface area (Å²) in [5.41, 5.74) is 0.589. The summed E-state index contributed by atoms with van der Waals surface area (Å²) in [6, 6.07) is 18.1. The van der Waals surface area contributed by atoms with Crippen LogP contribution in [-0.2, 0) is 25.7 Å². The Morgan fingerprint density at radius 3 is 2.35 bits per heavy atom. The average Bonchev–Trinajstić information content (AvgIpc) is 3.62. The summed E-state index contributed by atoms with van der Waals surface area (Å²) < 4.78 is 6.60. The zero-order valence-electron chi connectivity index (χ0n) is 22.7. The molecule has 0 radical (unpaired) electrons. The van der Waals surface area contributed by atoms with Crippen molar-refractivity contribution >= 4 is 23.4 Å². The van der Waals surface area contributed by atoms with Gasteiger partial charge in [-0.3, -0.25) is 14.4 Å². The fourth-order valence-electron chi connectivity index (χ4n) is 6.80. The number of likely N-dealkylation sites (tertiary alicyclic amines) is 1. The van der Waals surface area contributed by atoms with Crippen LogP contribution in [0, 0.1) is 11.8 Å². The molecule has 8 nitrogen and oxygen atoms in total. The van der Waals surface area contributed by atoms with Crippen molar-refractivity contribution in [2.24, 2.45) is 11.8 Å². The minimum atomic E-state index is -1.10. The zero-order chi connectivity index (χ0) is 28.3. The molecule has 40 heavy (non-hydrogen) atoms. The standard InChI is InChI=1S/C32H37N3O5/c1-3-18-33(22-23-12-7-5-8-13-23)31(39)28-32-17-16-25(40-32)26(27(32)30(38)35(28)20-11-21-36)29(37)34(19-4-2)24-14-9-6-10-15-24/h3-10,12-15,25-28,36H,1-2,11,16-22H2/t25-,26+,27-,28?,32?/m0/s1. The van der Waals surface area contributed by atoms with Crippen molar-refractivity contribution in [3.05, 3.63) is 91.5 Å². The maximum absolute atomic E-state index is 14.4. The molecule has 3 heterocycles. The molecule has 0 aliphatic carbocycles. The Morgan fingerprint density at radius 2 is 1.70 bits per heavy atom. The van der Waals surface area contributed by atoms with Crippen LogP contribution in [0.5, 0.6) is 0 Å². The first-order valence-corrected chi connectivity index (χ1v) is 14.0. The highest BCUT2D eigenvalue weighted by Crippen LogP contribution is 2.59. The van der Waals surface area contributed by atoms with Gasteiger partial charge in [0, 0.05) is 38.5 Å². The number of rotatable bonds is 12. The molecule has 3 saturated heterocycles. The number of para-hydroxylation sites is 1. The van der Waals surface area contributed by atoms with E-state index in [1.165, 1.54) is 0 Å². The van der Waals surface area contributed by atoms with Crippen molar-refractivity contribution in [3.8, 4) is 0 Å². The maximum Gasteiger partial charge on any atom is 0.248 e. The number of fused-ring (bicyclic) bond motifs is 1. The van der Waals surface area contributed by atoms with Gasteiger partial charge < -0.3 is 24.5 Å². The van der Waals surface area contributed by atoms with Gasteiger partial charge in [-0.1, -0.05) is 60.7 Å². The largest absolute Gasteiger partial charge is 0.396 e. The van der Waals surface area contributed by atoms with E-state index in [4.69, 9.17) is 4.74 Å². The second-order valence-corrected chi connectivity index (χ2v) is 10.7. The summed E-state index contributed by atoms with van der Waals surface area (Å²) >= 11 is 0. The quantitative estimate of drug-likeness (QED) is 0.416. The topological polar surface area (TPSA) is 90.4 Å². The van der Waals surface area contributed by atoms with Gasteiger partial charge in [-0.05, 0) is 37.0 Å². The molecule has 3 aliphatic rings. The molecular formula is C32H37N3O5. The fourth-order valence-corrected chi connectivity index (χ4v) is 6.80. The molecule has 3 amide bonds. The Kier molecular flexibility index (Phi) is 8.19. The fraction of sp³-hybridized carbons (Fsp3) is 0.406. The lowest BCUT2D eigenvalue weighted by Gasteiger charge is -2.37. The molecule has 1 N–H and O–H groups in total. The van der Waals surface area contributed by atoms with E-state index in [0.717, 1.165) is 11.3 Å². The van der Waals surface area contributed by atoms with E-state index < -0.39 is 29.6 Å². The molecule has 2 aromatic rings. The number of nitrogens with zero attached hydrogens (tertiary/aromatic N) is 3. The molecule has 5 rings (SSSR count). The third-order valence-corrected chi connectivity index (χ3v) is 8.40. The highest BCUT2D eigenvalue weighted by atomic mass is 16.5. The van der Waals surface area contributed by atoms with Crippen molar-refractivity contribution in [1.29, 1.82) is 0 Å². The molecule has 210 valence electrons. The van der Waals surface area contributed by atoms with Crippen LogP contribution in [0.25, 0.3) is 0 Å². The van der Waals surface area contributed by atoms with Gasteiger partial charge in [-0.2, -0.15) is 0 Å². The number of aliphatic hydroxyl groups is 1. The number of hydrogen-bond donors (Lipinski definition) is 1. The molecule has 2 bridgehead atoms. The van der Waals surface area contributed by atoms with Crippen molar-refractivity contribution in [2.75, 3.05) is 31.1 Å². The highest BCUT2D eigenvalue weighted by molar-refractivity contribution is 6.03. The Morgan fingerprint density at radius 1 is 1.02 bits per heavy atom. The molecule has 5 atom stereocenters. The summed E-state index contributed by atoms with van der Waals surface area (Å²) in [4.78, 5) is 47.6. The third kappa shape index (κ3) is 4.75. The lowest BCUT2D eigenvalue weighted by Crippen LogP contribution is -2.56. The monoisotopic (exact) mass is 543 g/mol. The Hall–Kier alpha value is -3.75. The maximum atomic E-state index is 14.4. The molecule has 0 aromatic heterocycles. The van der Waals surface area contributed by atoms with Gasteiger partial charge in [-0.25, -0.2) is 0 Å². The van der Waals surface area contributed by atoms with Gasteiger partial charge in [0.1, 0.15) is 11.6 Å². The lowest BCUT2D eigenvalue weighted by atomic mass is 9.70. The number of aliphatic hydroxyl groups excluding tert-OH is 1. The van der Waals surface area contributed by atoms with Crippen LogP contribution in [0.3, 0.4) is 0 Å². The summed E-state index contributed by atoms with van der Waals surface area (Å²) in [5, 5.41) is 9.61. The summed E-state index contributed by atoms with van der Waals surface area (Å²) in [5.74, 6) is -2.16. The molecule has 2 aromatic carbocycles. The highest BCUT2D eigenvalue weighted by Gasteiger charge is 2.74. The first-order valence-electron chi connectivity index (χ1n) is 14.0. The number of anilines is 1. The Bertz CT molecular complexity index is 1250. The number of amides is 3. The van der Waals surface area contributed by atoms with Crippen LogP contribution >= 0.6 is 0 Å². The second kappa shape index (κ2) is 11.8. The van der Waals surface area contributed by atoms with Gasteiger partial charge in [0.2, 0.25) is 17.7 Å². The Labute approximate surface area is 235 Å². The van der Waals surface area contributed by atoms with E-state index in [1.54, 1.807) is 26.9 Å². The van der Waals surface area contributed by atoms with Crippen LogP contribution in [-0.4, -0.2) is 76.6 Å². The number of carbonyl (C=O) groups excluding carboxylic acids is 3. The smallest absolute Gasteiger partial charge is 0.248 e. The second-order valence-electron chi connectivity index (χ2n) is 10.7. The van der Waals surface area contributed by atoms with Crippen LogP contribution in [0.15, 0.2) is 86.0 Å². The number of benzene rings is 2. The first-order chi connectivity index (χ1) is 19.5. The predicted octanol–water partition coefficient (Wildman–Crippen LogP) is 3.18. The third-order valence-electron chi connectivity index (χ3n) is 8.40. The molecule has 3 aliphatic heterocycles. The van der Waals surface area contributed by atoms with Crippen molar-refractivity contribution in [3.63, 3.8) is 0 Å². The van der Waals surface area contributed by atoms with Crippen LogP contribution in [0.2, 0.25) is 0 Å². The minimum Gasteiger partial charge on any atom is -0.396 e. The van der Waals surface area contributed by atoms with Crippen molar-refractivity contribution in [1.82, 2.24) is 9.80 Å². The Balaban J connectivity index is 1.51. The molecule has 1 spiro atoms. The van der Waals surface area contributed by atoms with Gasteiger partial charge in [0.05, 0.1) is 17.9 Å². The number of ether oxygens (including phenoxy) is 1. The van der Waals surface area contributed by atoms with Crippen molar-refractivity contribution < 1.29 is 24.2 Å². The number of carbonyl (C=O) groups is 3. The lowest BCUT2D eigenvalue weighted by molar-refractivity contribution is -0.148. The summed E-state index contributed by atoms with van der Waals surface area (Å²) in [6.45, 7) is 8.74. The molecule has 2 unspecified atom stereocenters. The van der Waals surface area contributed by atoms with E-state index in [0.29, 0.717) is 38.9 Å². The summed E-state index contributed by atoms with van der Waals surface area (Å²) in [7, 11) is 0. The van der Waals surface area contributed by atoms with Gasteiger partial charge in [0.15, 0.2) is 0 Å². The predicted molar refractivity (Wildman–Crippen MR) is 152 cm³/mol. The van der Waals surface area contributed by atoms with Crippen LogP contribution in [0.1, 0.15) is 24.8 Å². The van der Waals surface area contributed by atoms with Crippen LogP contribution < -0.4 is 4.90 Å². The molecule has 8 heteroatoms. The molecular weight excluding hydrogens is 506 g/mol. The molecule has 3 fully saturated rings.